The number of benzene rings is 1. The van der Waals surface area contributed by atoms with Gasteiger partial charge in [-0.3, -0.25) is 0 Å². The van der Waals surface area contributed by atoms with E-state index in [1.54, 1.807) is 7.11 Å². The first-order valence-electron chi connectivity index (χ1n) is 10.2. The van der Waals surface area contributed by atoms with Gasteiger partial charge in [0.05, 0.1) is 12.7 Å². The Hall–Kier alpha value is -0.940. The van der Waals surface area contributed by atoms with Gasteiger partial charge in [0.15, 0.2) is 0 Å². The van der Waals surface area contributed by atoms with Gasteiger partial charge >= 0.3 is 0 Å². The van der Waals surface area contributed by atoms with E-state index in [1.807, 2.05) is 6.07 Å². The summed E-state index contributed by atoms with van der Waals surface area (Å²) in [5.74, 6) is 0. The fourth-order valence-corrected chi connectivity index (χ4v) is 3.02. The Kier molecular flexibility index (Phi) is 15.5. The van der Waals surface area contributed by atoms with E-state index in [9.17, 15) is 0 Å². The molecule has 1 N–H and O–H groups in total. The zero-order valence-electron chi connectivity index (χ0n) is 16.5. The molecule has 150 valence electrons. The quantitative estimate of drug-likeness (QED) is 0.290. The topological polar surface area (TPSA) is 47.9 Å². The number of ether oxygens (including phenoxy) is 3. The number of hydrogen-bond donors (Lipinski definition) is 1. The second-order valence-electron chi connectivity index (χ2n) is 6.86. The SMILES string of the molecule is COCO[C@@H](CCCO)CCCCCCCCCOCc1ccccc1. The summed E-state index contributed by atoms with van der Waals surface area (Å²) in [7, 11) is 1.65. The van der Waals surface area contributed by atoms with Crippen molar-refractivity contribution in [3.8, 4) is 0 Å². The van der Waals surface area contributed by atoms with Gasteiger partial charge in [-0.05, 0) is 31.2 Å². The second-order valence-corrected chi connectivity index (χ2v) is 6.86. The molecule has 1 atom stereocenters. The number of rotatable bonds is 18. The molecule has 0 heterocycles. The predicted molar refractivity (Wildman–Crippen MR) is 106 cm³/mol. The Bertz CT molecular complexity index is 388. The lowest BCUT2D eigenvalue weighted by atomic mass is 10.0. The third-order valence-electron chi connectivity index (χ3n) is 4.53. The highest BCUT2D eigenvalue weighted by Crippen LogP contribution is 2.14. The van der Waals surface area contributed by atoms with Crippen molar-refractivity contribution >= 4 is 0 Å². The highest BCUT2D eigenvalue weighted by atomic mass is 16.7. The molecule has 1 aromatic rings. The van der Waals surface area contributed by atoms with E-state index in [2.05, 4.69) is 24.3 Å². The normalized spacial score (nSPS) is 12.4. The minimum atomic E-state index is 0.226. The molecule has 0 amide bonds. The summed E-state index contributed by atoms with van der Waals surface area (Å²) < 4.78 is 16.4. The molecule has 0 fully saturated rings. The van der Waals surface area contributed by atoms with Crippen LogP contribution in [0.5, 0.6) is 0 Å². The summed E-state index contributed by atoms with van der Waals surface area (Å²) >= 11 is 0. The summed E-state index contributed by atoms with van der Waals surface area (Å²) in [6.07, 6.45) is 11.8. The van der Waals surface area contributed by atoms with Crippen LogP contribution in [0.15, 0.2) is 30.3 Å². The molecule has 0 radical (unpaired) electrons. The number of aliphatic hydroxyl groups excluding tert-OH is 1. The molecule has 0 aliphatic carbocycles. The largest absolute Gasteiger partial charge is 0.396 e. The van der Waals surface area contributed by atoms with Gasteiger partial charge in [-0.15, -0.1) is 0 Å². The highest BCUT2D eigenvalue weighted by molar-refractivity contribution is 5.13. The van der Waals surface area contributed by atoms with Crippen molar-refractivity contribution in [1.82, 2.24) is 0 Å². The summed E-state index contributed by atoms with van der Waals surface area (Å²) in [5, 5.41) is 8.95. The minimum absolute atomic E-state index is 0.226. The van der Waals surface area contributed by atoms with E-state index < -0.39 is 0 Å². The maximum Gasteiger partial charge on any atom is 0.146 e. The molecular formula is C22H38O4. The van der Waals surface area contributed by atoms with Crippen LogP contribution in [0.3, 0.4) is 0 Å². The summed E-state index contributed by atoms with van der Waals surface area (Å²) in [4.78, 5) is 0. The highest BCUT2D eigenvalue weighted by Gasteiger charge is 2.08. The molecule has 1 aromatic carbocycles. The lowest BCUT2D eigenvalue weighted by molar-refractivity contribution is -0.0783. The molecule has 0 aromatic heterocycles. The van der Waals surface area contributed by atoms with Crippen molar-refractivity contribution in [3.05, 3.63) is 35.9 Å². The Balaban J connectivity index is 1.87. The van der Waals surface area contributed by atoms with E-state index in [0.29, 0.717) is 6.79 Å². The first-order chi connectivity index (χ1) is 12.9. The third kappa shape index (κ3) is 13.3. The van der Waals surface area contributed by atoms with Crippen molar-refractivity contribution < 1.29 is 19.3 Å². The molecule has 0 saturated carbocycles. The van der Waals surface area contributed by atoms with Crippen molar-refractivity contribution in [2.24, 2.45) is 0 Å². The van der Waals surface area contributed by atoms with Gasteiger partial charge in [-0.1, -0.05) is 68.9 Å². The van der Waals surface area contributed by atoms with Crippen LogP contribution in [0.2, 0.25) is 0 Å². The fraction of sp³-hybridized carbons (Fsp3) is 0.727. The average molecular weight is 367 g/mol. The van der Waals surface area contributed by atoms with Crippen LogP contribution < -0.4 is 0 Å². The van der Waals surface area contributed by atoms with Crippen LogP contribution in [-0.4, -0.2) is 38.3 Å². The van der Waals surface area contributed by atoms with E-state index in [1.165, 1.54) is 44.1 Å². The summed E-state index contributed by atoms with van der Waals surface area (Å²) in [6, 6.07) is 10.4. The van der Waals surface area contributed by atoms with Gasteiger partial charge in [0, 0.05) is 20.3 Å². The second kappa shape index (κ2) is 17.5. The summed E-state index contributed by atoms with van der Waals surface area (Å²) in [6.45, 7) is 2.17. The molecular weight excluding hydrogens is 328 g/mol. The molecule has 0 aliphatic heterocycles. The first-order valence-corrected chi connectivity index (χ1v) is 10.2. The van der Waals surface area contributed by atoms with Crippen LogP contribution in [-0.2, 0) is 20.8 Å². The van der Waals surface area contributed by atoms with Crippen LogP contribution >= 0.6 is 0 Å². The van der Waals surface area contributed by atoms with Gasteiger partial charge in [-0.2, -0.15) is 0 Å². The van der Waals surface area contributed by atoms with Gasteiger partial charge in [0.2, 0.25) is 0 Å². The smallest absolute Gasteiger partial charge is 0.146 e. The van der Waals surface area contributed by atoms with Crippen molar-refractivity contribution in [1.29, 1.82) is 0 Å². The minimum Gasteiger partial charge on any atom is -0.396 e. The van der Waals surface area contributed by atoms with Crippen molar-refractivity contribution in [2.45, 2.75) is 76.9 Å². The van der Waals surface area contributed by atoms with Gasteiger partial charge in [0.25, 0.3) is 0 Å². The number of methoxy groups -OCH3 is 1. The van der Waals surface area contributed by atoms with E-state index in [4.69, 9.17) is 19.3 Å². The Morgan fingerprint density at radius 2 is 1.50 bits per heavy atom. The fourth-order valence-electron chi connectivity index (χ4n) is 3.02. The van der Waals surface area contributed by atoms with Crippen molar-refractivity contribution in [2.75, 3.05) is 27.1 Å². The van der Waals surface area contributed by atoms with Gasteiger partial charge < -0.3 is 19.3 Å². The van der Waals surface area contributed by atoms with Crippen molar-refractivity contribution in [3.63, 3.8) is 0 Å². The lowest BCUT2D eigenvalue weighted by Crippen LogP contribution is -2.15. The van der Waals surface area contributed by atoms with E-state index in [-0.39, 0.29) is 12.7 Å². The zero-order valence-corrected chi connectivity index (χ0v) is 16.5. The van der Waals surface area contributed by atoms with Gasteiger partial charge in [-0.25, -0.2) is 0 Å². The molecule has 4 heteroatoms. The molecule has 4 nitrogen and oxygen atoms in total. The predicted octanol–water partition coefficient (Wildman–Crippen LogP) is 5.09. The maximum atomic E-state index is 8.95. The number of aliphatic hydroxyl groups is 1. The number of hydrogen-bond acceptors (Lipinski definition) is 4. The van der Waals surface area contributed by atoms with Crippen LogP contribution in [0.25, 0.3) is 0 Å². The molecule has 0 bridgehead atoms. The molecule has 1 rings (SSSR count). The lowest BCUT2D eigenvalue weighted by Gasteiger charge is -2.16. The third-order valence-corrected chi connectivity index (χ3v) is 4.53. The molecule has 26 heavy (non-hydrogen) atoms. The Morgan fingerprint density at radius 3 is 2.19 bits per heavy atom. The maximum absolute atomic E-state index is 8.95. The monoisotopic (exact) mass is 366 g/mol. The Morgan fingerprint density at radius 1 is 0.846 bits per heavy atom. The van der Waals surface area contributed by atoms with E-state index >= 15 is 0 Å². The standard InChI is InChI=1S/C22H38O4/c1-24-20-26-22(16-12-17-23)15-10-5-3-2-4-6-11-18-25-19-21-13-8-7-9-14-21/h7-9,13-14,22-23H,2-6,10-12,15-20H2,1H3/t22-/m1/s1. The van der Waals surface area contributed by atoms with E-state index in [0.717, 1.165) is 38.9 Å². The molecule has 0 unspecified atom stereocenters. The molecule has 0 aliphatic rings. The van der Waals surface area contributed by atoms with Crippen LogP contribution in [0.4, 0.5) is 0 Å². The first kappa shape index (κ1) is 23.1. The molecule has 0 saturated heterocycles. The average Bonchev–Trinajstić information content (AvgIpc) is 2.68. The number of unbranched alkanes of at least 4 members (excludes halogenated alkanes) is 6. The summed E-state index contributed by atoms with van der Waals surface area (Å²) in [5.41, 5.74) is 1.25. The Labute approximate surface area is 159 Å². The molecule has 0 spiro atoms. The van der Waals surface area contributed by atoms with Gasteiger partial charge in [0.1, 0.15) is 6.79 Å². The zero-order chi connectivity index (χ0) is 18.7. The van der Waals surface area contributed by atoms with Crippen LogP contribution in [0.1, 0.15) is 69.8 Å². The van der Waals surface area contributed by atoms with Crippen LogP contribution in [0, 0.1) is 0 Å².